The molecule has 0 bridgehead atoms. The van der Waals surface area contributed by atoms with Gasteiger partial charge in [-0.05, 0) is 34.9 Å². The summed E-state index contributed by atoms with van der Waals surface area (Å²) in [5.74, 6) is -1.97. The smallest absolute Gasteiger partial charge is 0.338 e. The number of hydrogen-bond acceptors (Lipinski definition) is 5. The van der Waals surface area contributed by atoms with E-state index >= 15 is 0 Å². The van der Waals surface area contributed by atoms with Crippen LogP contribution in [0.5, 0.6) is 0 Å². The van der Waals surface area contributed by atoms with E-state index in [2.05, 4.69) is 0 Å². The highest BCUT2D eigenvalue weighted by molar-refractivity contribution is 6.49. The normalized spacial score (nSPS) is 13.7. The lowest BCUT2D eigenvalue weighted by Gasteiger charge is -2.15. The topological polar surface area (TPSA) is 69.7 Å². The highest BCUT2D eigenvalue weighted by Gasteiger charge is 2.26. The summed E-state index contributed by atoms with van der Waals surface area (Å²) in [5, 5.41) is 0. The monoisotopic (exact) mass is 348 g/mol. The predicted molar refractivity (Wildman–Crippen MR) is 95.1 cm³/mol. The van der Waals surface area contributed by atoms with Gasteiger partial charge < -0.3 is 9.47 Å². The van der Waals surface area contributed by atoms with E-state index in [1.54, 1.807) is 24.3 Å². The molecular weight excluding hydrogens is 332 g/mol. The van der Waals surface area contributed by atoms with E-state index in [9.17, 15) is 14.4 Å². The molecule has 0 atom stereocenters. The number of Topliss-reactive ketones (excluding diaryl/α,β-unsaturated/α-hetero) is 1. The molecule has 0 fully saturated rings. The number of ketones is 2. The summed E-state index contributed by atoms with van der Waals surface area (Å²) >= 11 is 0. The molecule has 26 heavy (non-hydrogen) atoms. The standard InChI is InChI=1S/C21H16O5/c1-25-21(24)17-10-6-5-9-16(17)15-11-18(22)20(23)19(12-15)26-13-14-7-3-2-4-8-14/h2-12H,13H2,1H3. The molecule has 2 aromatic rings. The fourth-order valence-electron chi connectivity index (χ4n) is 2.60. The number of hydrogen-bond donors (Lipinski definition) is 0. The second-order valence-electron chi connectivity index (χ2n) is 5.61. The molecule has 2 aromatic carbocycles. The zero-order chi connectivity index (χ0) is 18.5. The van der Waals surface area contributed by atoms with Gasteiger partial charge in [0.05, 0.1) is 12.7 Å². The maximum Gasteiger partial charge on any atom is 0.338 e. The minimum atomic E-state index is -0.708. The van der Waals surface area contributed by atoms with Crippen LogP contribution in [-0.2, 0) is 25.7 Å². The van der Waals surface area contributed by atoms with Crippen molar-refractivity contribution in [3.8, 4) is 0 Å². The average Bonchev–Trinajstić information content (AvgIpc) is 2.69. The van der Waals surface area contributed by atoms with Gasteiger partial charge in [0.25, 0.3) is 5.78 Å². The minimum absolute atomic E-state index is 0.0454. The van der Waals surface area contributed by atoms with Crippen LogP contribution in [0, 0.1) is 0 Å². The maximum absolute atomic E-state index is 12.1. The van der Waals surface area contributed by atoms with E-state index in [4.69, 9.17) is 9.47 Å². The van der Waals surface area contributed by atoms with Crippen molar-refractivity contribution in [2.75, 3.05) is 7.11 Å². The highest BCUT2D eigenvalue weighted by atomic mass is 16.5. The van der Waals surface area contributed by atoms with E-state index in [-0.39, 0.29) is 12.4 Å². The van der Waals surface area contributed by atoms with Crippen molar-refractivity contribution >= 4 is 23.1 Å². The summed E-state index contributed by atoms with van der Waals surface area (Å²) < 4.78 is 10.3. The van der Waals surface area contributed by atoms with Crippen LogP contribution in [0.15, 0.2) is 72.5 Å². The molecular formula is C21H16O5. The molecule has 0 unspecified atom stereocenters. The van der Waals surface area contributed by atoms with Crippen molar-refractivity contribution in [3.63, 3.8) is 0 Å². The lowest BCUT2D eigenvalue weighted by molar-refractivity contribution is -0.133. The number of benzene rings is 2. The Kier molecular flexibility index (Phi) is 5.08. The molecule has 5 heteroatoms. The molecule has 0 aliphatic heterocycles. The SMILES string of the molecule is COC(=O)c1ccccc1C1=CC(=O)C(=O)C(OCc2ccccc2)=C1. The van der Waals surface area contributed by atoms with Gasteiger partial charge in [-0.25, -0.2) is 4.79 Å². The lowest BCUT2D eigenvalue weighted by Crippen LogP contribution is -2.20. The van der Waals surface area contributed by atoms with Gasteiger partial charge in [-0.1, -0.05) is 48.5 Å². The Bertz CT molecular complexity index is 922. The van der Waals surface area contributed by atoms with Gasteiger partial charge in [0.1, 0.15) is 6.61 Å². The third-order valence-corrected chi connectivity index (χ3v) is 3.90. The Morgan fingerprint density at radius 1 is 0.923 bits per heavy atom. The van der Waals surface area contributed by atoms with Gasteiger partial charge in [0, 0.05) is 0 Å². The van der Waals surface area contributed by atoms with Gasteiger partial charge >= 0.3 is 5.97 Å². The van der Waals surface area contributed by atoms with E-state index in [1.165, 1.54) is 19.3 Å². The number of carbonyl (C=O) groups excluding carboxylic acids is 3. The molecule has 0 amide bonds. The first-order valence-corrected chi connectivity index (χ1v) is 7.96. The summed E-state index contributed by atoms with van der Waals surface area (Å²) in [4.78, 5) is 36.2. The summed E-state index contributed by atoms with van der Waals surface area (Å²) in [6.07, 6.45) is 2.69. The van der Waals surface area contributed by atoms with E-state index in [0.717, 1.165) is 5.56 Å². The van der Waals surface area contributed by atoms with Crippen LogP contribution in [0.3, 0.4) is 0 Å². The number of allylic oxidation sites excluding steroid dienone is 4. The van der Waals surface area contributed by atoms with Crippen LogP contribution in [0.4, 0.5) is 0 Å². The van der Waals surface area contributed by atoms with Crippen molar-refractivity contribution in [2.45, 2.75) is 6.61 Å². The molecule has 1 aliphatic carbocycles. The molecule has 0 spiro atoms. The quantitative estimate of drug-likeness (QED) is 0.472. The lowest BCUT2D eigenvalue weighted by atomic mass is 9.93. The Morgan fingerprint density at radius 2 is 1.62 bits per heavy atom. The Balaban J connectivity index is 1.92. The van der Waals surface area contributed by atoms with Crippen LogP contribution in [0.25, 0.3) is 5.57 Å². The zero-order valence-corrected chi connectivity index (χ0v) is 14.1. The van der Waals surface area contributed by atoms with Crippen molar-refractivity contribution in [2.24, 2.45) is 0 Å². The number of carbonyl (C=O) groups is 3. The van der Waals surface area contributed by atoms with E-state index < -0.39 is 17.5 Å². The molecule has 0 saturated heterocycles. The molecule has 0 N–H and O–H groups in total. The van der Waals surface area contributed by atoms with Gasteiger partial charge in [-0.15, -0.1) is 0 Å². The minimum Gasteiger partial charge on any atom is -0.485 e. The second kappa shape index (κ2) is 7.61. The largest absolute Gasteiger partial charge is 0.485 e. The van der Waals surface area contributed by atoms with E-state index in [0.29, 0.717) is 16.7 Å². The fourth-order valence-corrected chi connectivity index (χ4v) is 2.60. The van der Waals surface area contributed by atoms with Gasteiger partial charge in [-0.3, -0.25) is 9.59 Å². The van der Waals surface area contributed by atoms with Crippen LogP contribution in [0.2, 0.25) is 0 Å². The van der Waals surface area contributed by atoms with Crippen LogP contribution >= 0.6 is 0 Å². The number of ether oxygens (including phenoxy) is 2. The van der Waals surface area contributed by atoms with Crippen molar-refractivity contribution in [1.82, 2.24) is 0 Å². The van der Waals surface area contributed by atoms with Crippen LogP contribution in [0.1, 0.15) is 21.5 Å². The van der Waals surface area contributed by atoms with E-state index in [1.807, 2.05) is 30.3 Å². The van der Waals surface area contributed by atoms with Crippen LogP contribution in [-0.4, -0.2) is 24.6 Å². The highest BCUT2D eigenvalue weighted by Crippen LogP contribution is 2.26. The average molecular weight is 348 g/mol. The number of methoxy groups -OCH3 is 1. The van der Waals surface area contributed by atoms with Gasteiger partial charge in [0.15, 0.2) is 5.76 Å². The molecule has 0 aromatic heterocycles. The third-order valence-electron chi connectivity index (χ3n) is 3.90. The summed E-state index contributed by atoms with van der Waals surface area (Å²) in [5.41, 5.74) is 2.11. The molecule has 0 heterocycles. The Hall–Kier alpha value is -3.47. The van der Waals surface area contributed by atoms with Gasteiger partial charge in [-0.2, -0.15) is 0 Å². The van der Waals surface area contributed by atoms with Crippen molar-refractivity contribution < 1.29 is 23.9 Å². The first-order valence-electron chi connectivity index (χ1n) is 7.96. The van der Waals surface area contributed by atoms with Crippen LogP contribution < -0.4 is 0 Å². The first kappa shape index (κ1) is 17.4. The second-order valence-corrected chi connectivity index (χ2v) is 5.61. The zero-order valence-electron chi connectivity index (χ0n) is 14.1. The maximum atomic E-state index is 12.1. The first-order chi connectivity index (χ1) is 12.6. The van der Waals surface area contributed by atoms with Gasteiger partial charge in [0.2, 0.25) is 5.78 Å². The summed E-state index contributed by atoms with van der Waals surface area (Å²) in [6, 6.07) is 16.0. The predicted octanol–water partition coefficient (Wildman–Crippen LogP) is 3.11. The van der Waals surface area contributed by atoms with Crippen molar-refractivity contribution in [1.29, 1.82) is 0 Å². The molecule has 1 aliphatic rings. The fraction of sp³-hybridized carbons (Fsp3) is 0.0952. The third kappa shape index (κ3) is 3.62. The van der Waals surface area contributed by atoms with Crippen molar-refractivity contribution in [3.05, 3.63) is 89.2 Å². The molecule has 0 saturated carbocycles. The Morgan fingerprint density at radius 3 is 2.35 bits per heavy atom. The molecule has 0 radical (unpaired) electrons. The summed E-state index contributed by atoms with van der Waals surface area (Å²) in [6.45, 7) is 0.164. The molecule has 3 rings (SSSR count). The Labute approximate surface area is 150 Å². The molecule has 130 valence electrons. The molecule has 5 nitrogen and oxygen atoms in total. The number of esters is 1. The summed E-state index contributed by atoms with van der Waals surface area (Å²) in [7, 11) is 1.29. The number of rotatable bonds is 5.